The van der Waals surface area contributed by atoms with Crippen molar-refractivity contribution in [2.45, 2.75) is 13.0 Å². The number of aromatic hydroxyl groups is 1. The Morgan fingerprint density at radius 3 is 2.65 bits per heavy atom. The van der Waals surface area contributed by atoms with Crippen molar-refractivity contribution in [2.24, 2.45) is 0 Å². The van der Waals surface area contributed by atoms with Gasteiger partial charge in [-0.25, -0.2) is 0 Å². The first-order valence-corrected chi connectivity index (χ1v) is 5.26. The number of carbonyl (C=O) groups is 1. The number of hydrogen-bond donors (Lipinski definition) is 2. The molecule has 0 radical (unpaired) electrons. The van der Waals surface area contributed by atoms with Gasteiger partial charge in [0.25, 0.3) is 5.91 Å². The summed E-state index contributed by atoms with van der Waals surface area (Å²) in [5.41, 5.74) is 0.353. The average molecular weight is 239 g/mol. The zero-order valence-electron chi connectivity index (χ0n) is 10.2. The molecule has 5 nitrogen and oxygen atoms in total. The number of aliphatic hydroxyl groups excluding tert-OH is 1. The second-order valence-corrected chi connectivity index (χ2v) is 3.83. The summed E-state index contributed by atoms with van der Waals surface area (Å²) in [6.45, 7) is 1.63. The number of phenols is 1. The van der Waals surface area contributed by atoms with Crippen LogP contribution in [-0.2, 0) is 0 Å². The predicted molar refractivity (Wildman–Crippen MR) is 63.3 cm³/mol. The van der Waals surface area contributed by atoms with Gasteiger partial charge in [-0.3, -0.25) is 4.79 Å². The normalized spacial score (nSPS) is 12.0. The van der Waals surface area contributed by atoms with Crippen molar-refractivity contribution in [3.63, 3.8) is 0 Å². The minimum absolute atomic E-state index is 0.0802. The molecule has 94 valence electrons. The van der Waals surface area contributed by atoms with E-state index in [1.54, 1.807) is 20.0 Å². The molecule has 1 unspecified atom stereocenters. The minimum atomic E-state index is -0.272. The number of phenolic OH excluding ortho intramolecular Hbond substituents is 1. The molecule has 0 aliphatic rings. The molecule has 0 aliphatic carbocycles. The van der Waals surface area contributed by atoms with E-state index in [0.29, 0.717) is 11.3 Å². The molecule has 1 rings (SSSR count). The van der Waals surface area contributed by atoms with E-state index in [1.165, 1.54) is 24.1 Å². The third-order valence-corrected chi connectivity index (χ3v) is 2.67. The number of methoxy groups -OCH3 is 1. The minimum Gasteiger partial charge on any atom is -0.504 e. The van der Waals surface area contributed by atoms with Crippen LogP contribution < -0.4 is 4.74 Å². The molecule has 0 aromatic heterocycles. The maximum absolute atomic E-state index is 12.0. The Morgan fingerprint density at radius 2 is 2.18 bits per heavy atom. The first-order chi connectivity index (χ1) is 8.01. The van der Waals surface area contributed by atoms with E-state index in [-0.39, 0.29) is 24.3 Å². The number of likely N-dealkylation sites (N-methyl/N-ethyl adjacent to an activating group) is 1. The summed E-state index contributed by atoms with van der Waals surface area (Å²) in [6.07, 6.45) is 0. The van der Waals surface area contributed by atoms with E-state index in [2.05, 4.69) is 0 Å². The summed E-state index contributed by atoms with van der Waals surface area (Å²) < 4.78 is 4.89. The lowest BCUT2D eigenvalue weighted by Crippen LogP contribution is -2.37. The first-order valence-electron chi connectivity index (χ1n) is 5.26. The molecule has 0 aliphatic heterocycles. The summed E-state index contributed by atoms with van der Waals surface area (Å²) in [5.74, 6) is -0.0210. The van der Waals surface area contributed by atoms with Gasteiger partial charge in [-0.05, 0) is 25.1 Å². The fourth-order valence-electron chi connectivity index (χ4n) is 1.35. The highest BCUT2D eigenvalue weighted by Gasteiger charge is 2.17. The highest BCUT2D eigenvalue weighted by atomic mass is 16.5. The molecule has 0 saturated carbocycles. The first kappa shape index (κ1) is 13.3. The van der Waals surface area contributed by atoms with Crippen molar-refractivity contribution in [2.75, 3.05) is 20.8 Å². The van der Waals surface area contributed by atoms with Crippen LogP contribution in [0.15, 0.2) is 18.2 Å². The highest BCUT2D eigenvalue weighted by molar-refractivity contribution is 5.94. The van der Waals surface area contributed by atoms with Crippen LogP contribution in [0, 0.1) is 0 Å². The van der Waals surface area contributed by atoms with Crippen LogP contribution in [0.3, 0.4) is 0 Å². The predicted octanol–water partition coefficient (Wildman–Crippen LogP) is 0.854. The molecule has 2 N–H and O–H groups in total. The zero-order valence-corrected chi connectivity index (χ0v) is 10.2. The van der Waals surface area contributed by atoms with Gasteiger partial charge in [0.05, 0.1) is 19.8 Å². The number of amides is 1. The molecule has 1 aromatic rings. The number of nitrogens with zero attached hydrogens (tertiary/aromatic N) is 1. The summed E-state index contributed by atoms with van der Waals surface area (Å²) in [4.78, 5) is 13.4. The van der Waals surface area contributed by atoms with E-state index in [0.717, 1.165) is 0 Å². The molecule has 0 bridgehead atoms. The van der Waals surface area contributed by atoms with Gasteiger partial charge in [0, 0.05) is 12.6 Å². The number of benzene rings is 1. The smallest absolute Gasteiger partial charge is 0.254 e. The number of aliphatic hydroxyl groups is 1. The van der Waals surface area contributed by atoms with Crippen LogP contribution in [0.2, 0.25) is 0 Å². The van der Waals surface area contributed by atoms with Gasteiger partial charge >= 0.3 is 0 Å². The third kappa shape index (κ3) is 2.88. The van der Waals surface area contributed by atoms with Crippen molar-refractivity contribution >= 4 is 5.91 Å². The van der Waals surface area contributed by atoms with Gasteiger partial charge < -0.3 is 19.8 Å². The molecule has 17 heavy (non-hydrogen) atoms. The fraction of sp³-hybridized carbons (Fsp3) is 0.417. The van der Waals surface area contributed by atoms with E-state index >= 15 is 0 Å². The van der Waals surface area contributed by atoms with Crippen molar-refractivity contribution in [3.8, 4) is 11.5 Å². The molecule has 0 heterocycles. The number of ether oxygens (including phenoxy) is 1. The molecule has 1 amide bonds. The quantitative estimate of drug-likeness (QED) is 0.817. The largest absolute Gasteiger partial charge is 0.504 e. The lowest BCUT2D eigenvalue weighted by Gasteiger charge is -2.23. The van der Waals surface area contributed by atoms with E-state index in [4.69, 9.17) is 9.84 Å². The van der Waals surface area contributed by atoms with Crippen molar-refractivity contribution in [1.82, 2.24) is 4.90 Å². The van der Waals surface area contributed by atoms with Gasteiger partial charge in [-0.15, -0.1) is 0 Å². The maximum Gasteiger partial charge on any atom is 0.254 e. The van der Waals surface area contributed by atoms with Gasteiger partial charge in [-0.1, -0.05) is 0 Å². The molecule has 0 spiro atoms. The molecule has 0 saturated heterocycles. The van der Waals surface area contributed by atoms with Crippen LogP contribution >= 0.6 is 0 Å². The molecular formula is C12H17NO4. The van der Waals surface area contributed by atoms with Crippen LogP contribution in [0.5, 0.6) is 11.5 Å². The van der Waals surface area contributed by atoms with Crippen LogP contribution in [0.1, 0.15) is 17.3 Å². The summed E-state index contributed by atoms with van der Waals surface area (Å²) in [5, 5.41) is 18.5. The topological polar surface area (TPSA) is 70.0 Å². The molecule has 0 fully saturated rings. The van der Waals surface area contributed by atoms with Crippen molar-refractivity contribution < 1.29 is 19.7 Å². The highest BCUT2D eigenvalue weighted by Crippen LogP contribution is 2.26. The summed E-state index contributed by atoms with van der Waals surface area (Å²) in [7, 11) is 3.04. The lowest BCUT2D eigenvalue weighted by molar-refractivity contribution is 0.0681. The van der Waals surface area contributed by atoms with Crippen LogP contribution in [-0.4, -0.2) is 47.8 Å². The van der Waals surface area contributed by atoms with Crippen LogP contribution in [0.4, 0.5) is 0 Å². The second kappa shape index (κ2) is 5.54. The SMILES string of the molecule is COc1ccc(C(=O)N(C)C(C)CO)cc1O. The van der Waals surface area contributed by atoms with Crippen molar-refractivity contribution in [3.05, 3.63) is 23.8 Å². The Morgan fingerprint density at radius 1 is 1.53 bits per heavy atom. The Balaban J connectivity index is 2.93. The van der Waals surface area contributed by atoms with Gasteiger partial charge in [0.15, 0.2) is 11.5 Å². The summed E-state index contributed by atoms with van der Waals surface area (Å²) >= 11 is 0. The molecule has 1 atom stereocenters. The number of rotatable bonds is 4. The second-order valence-electron chi connectivity index (χ2n) is 3.83. The standard InChI is InChI=1S/C12H17NO4/c1-8(7-14)13(2)12(16)9-4-5-11(17-3)10(15)6-9/h4-6,8,14-15H,7H2,1-3H3. The molecule has 5 heteroatoms. The van der Waals surface area contributed by atoms with Gasteiger partial charge in [0.2, 0.25) is 0 Å². The number of carbonyl (C=O) groups excluding carboxylic acids is 1. The van der Waals surface area contributed by atoms with E-state index < -0.39 is 0 Å². The third-order valence-electron chi connectivity index (χ3n) is 2.67. The Hall–Kier alpha value is -1.75. The van der Waals surface area contributed by atoms with Gasteiger partial charge in [-0.2, -0.15) is 0 Å². The van der Waals surface area contributed by atoms with Gasteiger partial charge in [0.1, 0.15) is 0 Å². The Labute approximate surface area is 100 Å². The zero-order chi connectivity index (χ0) is 13.0. The van der Waals surface area contributed by atoms with E-state index in [9.17, 15) is 9.90 Å². The Bertz CT molecular complexity index is 405. The lowest BCUT2D eigenvalue weighted by atomic mass is 10.1. The fourth-order valence-corrected chi connectivity index (χ4v) is 1.35. The maximum atomic E-state index is 12.0. The average Bonchev–Trinajstić information content (AvgIpc) is 2.35. The van der Waals surface area contributed by atoms with Crippen molar-refractivity contribution in [1.29, 1.82) is 0 Å². The molecule has 1 aromatic carbocycles. The monoisotopic (exact) mass is 239 g/mol. The van der Waals surface area contributed by atoms with E-state index in [1.807, 2.05) is 0 Å². The number of hydrogen-bond acceptors (Lipinski definition) is 4. The summed E-state index contributed by atoms with van der Waals surface area (Å²) in [6, 6.07) is 4.18. The Kier molecular flexibility index (Phi) is 4.34. The van der Waals surface area contributed by atoms with Crippen LogP contribution in [0.25, 0.3) is 0 Å². The molecular weight excluding hydrogens is 222 g/mol.